The molecule has 1 aliphatic rings. The topological polar surface area (TPSA) is 60.9 Å². The molecule has 1 aliphatic heterocycles. The predicted molar refractivity (Wildman–Crippen MR) is 125 cm³/mol. The van der Waals surface area contributed by atoms with Gasteiger partial charge in [0.15, 0.2) is 0 Å². The van der Waals surface area contributed by atoms with Gasteiger partial charge in [-0.1, -0.05) is 30.3 Å². The number of hydrogen-bond donors (Lipinski definition) is 1. The van der Waals surface area contributed by atoms with Gasteiger partial charge in [0.1, 0.15) is 10.8 Å². The summed E-state index contributed by atoms with van der Waals surface area (Å²) in [4.78, 5) is 1.80. The van der Waals surface area contributed by atoms with Crippen molar-refractivity contribution >= 4 is 36.4 Å². The van der Waals surface area contributed by atoms with E-state index in [4.69, 9.17) is 0 Å². The zero-order chi connectivity index (χ0) is 22.9. The van der Waals surface area contributed by atoms with Crippen molar-refractivity contribution in [3.63, 3.8) is 0 Å². The maximum absolute atomic E-state index is 13.5. The highest BCUT2D eigenvalue weighted by Gasteiger charge is 2.35. The highest BCUT2D eigenvalue weighted by Crippen LogP contribution is 2.39. The van der Waals surface area contributed by atoms with Crippen LogP contribution in [0.3, 0.4) is 0 Å². The van der Waals surface area contributed by atoms with Crippen molar-refractivity contribution in [1.82, 2.24) is 4.90 Å². The molecule has 0 aliphatic carbocycles. The maximum Gasteiger partial charge on any atom is 0.250 e. The molecule has 32 heavy (non-hydrogen) atoms. The Bertz CT molecular complexity index is 1180. The molecule has 1 saturated heterocycles. The van der Waals surface area contributed by atoms with Crippen LogP contribution in [0, 0.1) is 6.92 Å². The van der Waals surface area contributed by atoms with Gasteiger partial charge >= 0.3 is 0 Å². The molecule has 0 bridgehead atoms. The van der Waals surface area contributed by atoms with Crippen molar-refractivity contribution in [3.05, 3.63) is 59.7 Å². The smallest absolute Gasteiger partial charge is 0.250 e. The first-order chi connectivity index (χ1) is 15.1. The molecule has 1 N–H and O–H groups in total. The zero-order valence-corrected chi connectivity index (χ0v) is 19.4. The summed E-state index contributed by atoms with van der Waals surface area (Å²) >= 11 is 1.43. The molecule has 4 rings (SSSR count). The number of aromatic hydroxyl groups is 1. The van der Waals surface area contributed by atoms with E-state index >= 15 is 0 Å². The highest BCUT2D eigenvalue weighted by molar-refractivity contribution is 7.93. The number of nitrogens with zero attached hydrogens (tertiary/aromatic N) is 2. The second-order valence-electron chi connectivity index (χ2n) is 8.22. The Hall–Kier alpha value is -2.23. The van der Waals surface area contributed by atoms with Gasteiger partial charge in [-0.2, -0.15) is 0 Å². The lowest BCUT2D eigenvalue weighted by atomic mass is 10.1. The van der Waals surface area contributed by atoms with Crippen LogP contribution in [-0.2, 0) is 16.6 Å². The van der Waals surface area contributed by atoms with E-state index in [1.807, 2.05) is 31.2 Å². The van der Waals surface area contributed by atoms with E-state index in [1.54, 1.807) is 17.0 Å². The number of phenols is 1. The molecule has 9 heteroatoms. The van der Waals surface area contributed by atoms with Crippen molar-refractivity contribution in [3.8, 4) is 5.75 Å². The lowest BCUT2D eigenvalue weighted by molar-refractivity contribution is -0.0539. The summed E-state index contributed by atoms with van der Waals surface area (Å²) in [5.41, 5.74) is 1.64. The quantitative estimate of drug-likeness (QED) is 0.518. The van der Waals surface area contributed by atoms with E-state index in [2.05, 4.69) is 0 Å². The summed E-state index contributed by atoms with van der Waals surface area (Å²) in [6.45, 7) is 2.66. The molecular formula is C23H26F2N2O3S2. The highest BCUT2D eigenvalue weighted by atomic mass is 32.2. The van der Waals surface area contributed by atoms with Crippen LogP contribution in [0.25, 0.3) is 10.1 Å². The molecule has 5 nitrogen and oxygen atoms in total. The number of sulfonamides is 1. The number of piperidine rings is 1. The van der Waals surface area contributed by atoms with Crippen LogP contribution in [0.1, 0.15) is 24.0 Å². The van der Waals surface area contributed by atoms with Gasteiger partial charge in [0.25, 0.3) is 5.92 Å². The lowest BCUT2D eigenvalue weighted by Crippen LogP contribution is -2.43. The fourth-order valence-corrected chi connectivity index (χ4v) is 6.93. The van der Waals surface area contributed by atoms with E-state index in [1.165, 1.54) is 27.8 Å². The van der Waals surface area contributed by atoms with Crippen molar-refractivity contribution in [1.29, 1.82) is 0 Å². The minimum Gasteiger partial charge on any atom is -0.508 e. The Labute approximate surface area is 190 Å². The summed E-state index contributed by atoms with van der Waals surface area (Å²) in [6, 6.07) is 14.3. The normalized spacial score (nSPS) is 17.0. The number of phenolic OH excluding ortho intramolecular Hbond substituents is 1. The largest absolute Gasteiger partial charge is 0.508 e. The van der Waals surface area contributed by atoms with Crippen LogP contribution in [0.5, 0.6) is 5.75 Å². The van der Waals surface area contributed by atoms with Crippen molar-refractivity contribution in [2.45, 2.75) is 32.2 Å². The molecule has 0 radical (unpaired) electrons. The first kappa shape index (κ1) is 22.9. The fraction of sp³-hybridized carbons (Fsp3) is 0.391. The van der Waals surface area contributed by atoms with Crippen LogP contribution in [-0.4, -0.2) is 49.7 Å². The Morgan fingerprint density at radius 3 is 2.41 bits per heavy atom. The molecule has 3 aromatic rings. The van der Waals surface area contributed by atoms with Gasteiger partial charge < -0.3 is 10.0 Å². The second kappa shape index (κ2) is 8.96. The SMILES string of the molecule is Cc1c(N(Cc2ccc(O)cc2)S(=O)(=O)CCN2CCC(F)(F)CC2)sc2ccccc12. The summed E-state index contributed by atoms with van der Waals surface area (Å²) < 4.78 is 56.3. The number of rotatable bonds is 7. The third kappa shape index (κ3) is 5.05. The van der Waals surface area contributed by atoms with E-state index in [0.29, 0.717) is 5.00 Å². The molecule has 0 saturated carbocycles. The van der Waals surface area contributed by atoms with E-state index < -0.39 is 15.9 Å². The minimum atomic E-state index is -3.73. The van der Waals surface area contributed by atoms with Crippen molar-refractivity contribution in [2.24, 2.45) is 0 Å². The van der Waals surface area contributed by atoms with Gasteiger partial charge in [-0.3, -0.25) is 4.31 Å². The van der Waals surface area contributed by atoms with Crippen LogP contribution in [0.4, 0.5) is 13.8 Å². The molecule has 2 aromatic carbocycles. The standard InChI is InChI=1S/C23H26F2N2O3S2/c1-17-20-4-2-3-5-21(20)31-22(17)27(16-18-6-8-19(28)9-7-18)32(29,30)15-14-26-12-10-23(24,25)11-13-26/h2-9,28H,10-16H2,1H3. The van der Waals surface area contributed by atoms with Gasteiger partial charge in [-0.05, 0) is 41.6 Å². The number of anilines is 1. The Morgan fingerprint density at radius 2 is 1.75 bits per heavy atom. The van der Waals surface area contributed by atoms with Gasteiger partial charge in [-0.15, -0.1) is 11.3 Å². The second-order valence-corrected chi connectivity index (χ2v) is 11.3. The van der Waals surface area contributed by atoms with E-state index in [9.17, 15) is 22.3 Å². The fourth-order valence-electron chi connectivity index (χ4n) is 3.92. The summed E-state index contributed by atoms with van der Waals surface area (Å²) in [5, 5.41) is 11.3. The monoisotopic (exact) mass is 480 g/mol. The molecule has 0 spiro atoms. The van der Waals surface area contributed by atoms with E-state index in [-0.39, 0.29) is 50.5 Å². The molecule has 2 heterocycles. The Kier molecular flexibility index (Phi) is 6.42. The number of alkyl halides is 2. The zero-order valence-electron chi connectivity index (χ0n) is 17.8. The maximum atomic E-state index is 13.5. The lowest BCUT2D eigenvalue weighted by Gasteiger charge is -2.32. The summed E-state index contributed by atoms with van der Waals surface area (Å²) in [7, 11) is -3.73. The van der Waals surface area contributed by atoms with Gasteiger partial charge in [-0.25, -0.2) is 17.2 Å². The van der Waals surface area contributed by atoms with E-state index in [0.717, 1.165) is 21.2 Å². The van der Waals surface area contributed by atoms with Crippen molar-refractivity contribution in [2.75, 3.05) is 29.7 Å². The average molecular weight is 481 g/mol. The molecule has 0 atom stereocenters. The third-order valence-electron chi connectivity index (χ3n) is 5.90. The molecule has 1 fully saturated rings. The minimum absolute atomic E-state index is 0.114. The van der Waals surface area contributed by atoms with Gasteiger partial charge in [0.2, 0.25) is 10.0 Å². The van der Waals surface area contributed by atoms with Crippen LogP contribution in [0.2, 0.25) is 0 Å². The van der Waals surface area contributed by atoms with Gasteiger partial charge in [0, 0.05) is 37.2 Å². The number of likely N-dealkylation sites (tertiary alicyclic amines) is 1. The van der Waals surface area contributed by atoms with Crippen molar-refractivity contribution < 1.29 is 22.3 Å². The Morgan fingerprint density at radius 1 is 1.09 bits per heavy atom. The first-order valence-electron chi connectivity index (χ1n) is 10.5. The Balaban J connectivity index is 1.61. The molecular weight excluding hydrogens is 454 g/mol. The van der Waals surface area contributed by atoms with Crippen LogP contribution < -0.4 is 4.31 Å². The number of fused-ring (bicyclic) bond motifs is 1. The first-order valence-corrected chi connectivity index (χ1v) is 12.9. The summed E-state index contributed by atoms with van der Waals surface area (Å²) in [6.07, 6.45) is -0.473. The number of hydrogen-bond acceptors (Lipinski definition) is 5. The molecule has 0 amide bonds. The average Bonchev–Trinajstić information content (AvgIpc) is 3.09. The number of benzene rings is 2. The number of halogens is 2. The van der Waals surface area contributed by atoms with Gasteiger partial charge in [0.05, 0.1) is 12.3 Å². The van der Waals surface area contributed by atoms with Crippen LogP contribution in [0.15, 0.2) is 48.5 Å². The predicted octanol–water partition coefficient (Wildman–Crippen LogP) is 4.98. The number of aryl methyl sites for hydroxylation is 1. The van der Waals surface area contributed by atoms with Crippen LogP contribution >= 0.6 is 11.3 Å². The molecule has 172 valence electrons. The molecule has 0 unspecified atom stereocenters. The molecule has 1 aromatic heterocycles. The third-order valence-corrected chi connectivity index (χ3v) is 8.99. The summed E-state index contributed by atoms with van der Waals surface area (Å²) in [5.74, 6) is -2.69. The number of thiophene rings is 1.